The van der Waals surface area contributed by atoms with Crippen LogP contribution in [-0.2, 0) is 0 Å². The molecule has 0 spiro atoms. The number of nitrogens with two attached hydrogens (primary N) is 1. The molecule has 3 nitrogen and oxygen atoms in total. The van der Waals surface area contributed by atoms with Crippen molar-refractivity contribution in [3.05, 3.63) is 57.0 Å². The van der Waals surface area contributed by atoms with Crippen LogP contribution in [0.5, 0.6) is 11.5 Å². The molecular formula is C14H11BrClNO2. The molecule has 0 atom stereocenters. The molecule has 0 fully saturated rings. The number of carbonyl (C=O) groups excluding carboxylic acids is 1. The molecule has 0 radical (unpaired) electrons. The van der Waals surface area contributed by atoms with E-state index in [0.717, 1.165) is 10.0 Å². The van der Waals surface area contributed by atoms with Gasteiger partial charge < -0.3 is 10.5 Å². The second-order valence-corrected chi connectivity index (χ2v) is 5.25. The lowest BCUT2D eigenvalue weighted by Crippen LogP contribution is -2.12. The minimum atomic E-state index is -0.616. The van der Waals surface area contributed by atoms with Crippen molar-refractivity contribution in [3.8, 4) is 11.5 Å². The van der Waals surface area contributed by atoms with Crippen molar-refractivity contribution in [2.45, 2.75) is 6.92 Å². The fraction of sp³-hybridized carbons (Fsp3) is 0.0714. The molecule has 2 N–H and O–H groups in total. The molecule has 1 amide bonds. The maximum Gasteiger partial charge on any atom is 0.254 e. The Hall–Kier alpha value is -1.52. The molecule has 2 aromatic carbocycles. The van der Waals surface area contributed by atoms with Gasteiger partial charge in [0.05, 0.1) is 5.02 Å². The number of aryl methyl sites for hydroxylation is 1. The van der Waals surface area contributed by atoms with Crippen LogP contribution in [0.25, 0.3) is 0 Å². The first-order valence-corrected chi connectivity index (χ1v) is 6.68. The summed E-state index contributed by atoms with van der Waals surface area (Å²) in [7, 11) is 0. The van der Waals surface area contributed by atoms with Crippen LogP contribution in [0.15, 0.2) is 40.9 Å². The molecule has 0 aliphatic heterocycles. The summed E-state index contributed by atoms with van der Waals surface area (Å²) in [6.07, 6.45) is 0. The summed E-state index contributed by atoms with van der Waals surface area (Å²) in [5.41, 5.74) is 6.53. The summed E-state index contributed by atoms with van der Waals surface area (Å²) in [5, 5.41) is 0.277. The van der Waals surface area contributed by atoms with E-state index >= 15 is 0 Å². The average Bonchev–Trinajstić information content (AvgIpc) is 2.33. The largest absolute Gasteiger partial charge is 0.456 e. The van der Waals surface area contributed by atoms with Crippen LogP contribution < -0.4 is 10.5 Å². The molecule has 0 bridgehead atoms. The Morgan fingerprint density at radius 2 is 2.05 bits per heavy atom. The maximum atomic E-state index is 11.4. The van der Waals surface area contributed by atoms with Gasteiger partial charge in [-0.2, -0.15) is 0 Å². The van der Waals surface area contributed by atoms with E-state index in [9.17, 15) is 4.79 Å². The van der Waals surface area contributed by atoms with Gasteiger partial charge in [0, 0.05) is 4.47 Å². The highest BCUT2D eigenvalue weighted by molar-refractivity contribution is 9.10. The summed E-state index contributed by atoms with van der Waals surface area (Å²) in [4.78, 5) is 11.4. The summed E-state index contributed by atoms with van der Waals surface area (Å²) in [6, 6.07) is 10.5. The van der Waals surface area contributed by atoms with E-state index in [4.69, 9.17) is 22.1 Å². The smallest absolute Gasteiger partial charge is 0.254 e. The van der Waals surface area contributed by atoms with E-state index in [1.54, 1.807) is 24.3 Å². The molecule has 0 heterocycles. The highest BCUT2D eigenvalue weighted by atomic mass is 79.9. The van der Waals surface area contributed by atoms with Crippen molar-refractivity contribution in [2.24, 2.45) is 5.73 Å². The highest BCUT2D eigenvalue weighted by Crippen LogP contribution is 2.31. The second kappa shape index (κ2) is 5.63. The van der Waals surface area contributed by atoms with Gasteiger partial charge in [-0.1, -0.05) is 33.6 Å². The Labute approximate surface area is 124 Å². The van der Waals surface area contributed by atoms with Crippen LogP contribution in [0.2, 0.25) is 5.02 Å². The van der Waals surface area contributed by atoms with E-state index in [1.807, 2.05) is 19.1 Å². The van der Waals surface area contributed by atoms with Crippen molar-refractivity contribution in [1.29, 1.82) is 0 Å². The number of benzene rings is 2. The van der Waals surface area contributed by atoms with E-state index in [0.29, 0.717) is 11.5 Å². The zero-order valence-corrected chi connectivity index (χ0v) is 12.5. The Morgan fingerprint density at radius 3 is 2.68 bits per heavy atom. The maximum absolute atomic E-state index is 11.4. The molecule has 2 aromatic rings. The SMILES string of the molecule is Cc1cc(Oc2cccc(Cl)c2C(N)=O)ccc1Br. The van der Waals surface area contributed by atoms with E-state index in [-0.39, 0.29) is 10.6 Å². The number of halogens is 2. The lowest BCUT2D eigenvalue weighted by atomic mass is 10.2. The molecule has 98 valence electrons. The van der Waals surface area contributed by atoms with E-state index < -0.39 is 5.91 Å². The van der Waals surface area contributed by atoms with Gasteiger partial charge in [-0.15, -0.1) is 0 Å². The Bertz CT molecular complexity index is 643. The predicted octanol–water partition coefficient (Wildman–Crippen LogP) is 4.30. The van der Waals surface area contributed by atoms with Crippen LogP contribution in [0.1, 0.15) is 15.9 Å². The van der Waals surface area contributed by atoms with Gasteiger partial charge in [0.15, 0.2) is 0 Å². The van der Waals surface area contributed by atoms with Crippen LogP contribution in [0.3, 0.4) is 0 Å². The average molecular weight is 341 g/mol. The summed E-state index contributed by atoms with van der Waals surface area (Å²) >= 11 is 9.37. The lowest BCUT2D eigenvalue weighted by molar-refractivity contribution is 0.0998. The molecule has 5 heteroatoms. The normalized spacial score (nSPS) is 10.3. The first kappa shape index (κ1) is 13.9. The first-order valence-electron chi connectivity index (χ1n) is 5.51. The van der Waals surface area contributed by atoms with Crippen LogP contribution in [-0.4, -0.2) is 5.91 Å². The monoisotopic (exact) mass is 339 g/mol. The molecule has 0 unspecified atom stereocenters. The third kappa shape index (κ3) is 3.08. The number of rotatable bonds is 3. The highest BCUT2D eigenvalue weighted by Gasteiger charge is 2.14. The van der Waals surface area contributed by atoms with Crippen molar-refractivity contribution < 1.29 is 9.53 Å². The topological polar surface area (TPSA) is 52.3 Å². The number of hydrogen-bond acceptors (Lipinski definition) is 2. The number of ether oxygens (including phenoxy) is 1. The number of hydrogen-bond donors (Lipinski definition) is 1. The van der Waals surface area contributed by atoms with E-state index in [1.165, 1.54) is 0 Å². The van der Waals surface area contributed by atoms with Crippen molar-refractivity contribution in [2.75, 3.05) is 0 Å². The Kier molecular flexibility index (Phi) is 4.12. The van der Waals surface area contributed by atoms with Gasteiger partial charge in [0.1, 0.15) is 17.1 Å². The third-order valence-corrected chi connectivity index (χ3v) is 3.78. The van der Waals surface area contributed by atoms with Crippen molar-refractivity contribution in [1.82, 2.24) is 0 Å². The van der Waals surface area contributed by atoms with Crippen molar-refractivity contribution >= 4 is 33.4 Å². The number of amides is 1. The van der Waals surface area contributed by atoms with Gasteiger partial charge in [-0.25, -0.2) is 0 Å². The molecule has 0 saturated carbocycles. The first-order chi connectivity index (χ1) is 8.99. The molecule has 2 rings (SSSR count). The van der Waals surface area contributed by atoms with Gasteiger partial charge in [0.25, 0.3) is 5.91 Å². The molecule has 19 heavy (non-hydrogen) atoms. The van der Waals surface area contributed by atoms with Crippen LogP contribution >= 0.6 is 27.5 Å². The molecule has 0 aliphatic carbocycles. The summed E-state index contributed by atoms with van der Waals surface area (Å²) < 4.78 is 6.67. The fourth-order valence-electron chi connectivity index (χ4n) is 1.64. The third-order valence-electron chi connectivity index (χ3n) is 2.58. The summed E-state index contributed by atoms with van der Waals surface area (Å²) in [6.45, 7) is 1.95. The number of carbonyl (C=O) groups is 1. The molecular weight excluding hydrogens is 330 g/mol. The minimum absolute atomic E-state index is 0.185. The Morgan fingerprint density at radius 1 is 1.32 bits per heavy atom. The lowest BCUT2D eigenvalue weighted by Gasteiger charge is -2.11. The zero-order valence-electron chi connectivity index (χ0n) is 10.1. The van der Waals surface area contributed by atoms with Gasteiger partial charge in [-0.3, -0.25) is 4.79 Å². The number of primary amides is 1. The molecule has 0 aromatic heterocycles. The van der Waals surface area contributed by atoms with E-state index in [2.05, 4.69) is 15.9 Å². The van der Waals surface area contributed by atoms with Gasteiger partial charge >= 0.3 is 0 Å². The van der Waals surface area contributed by atoms with Gasteiger partial charge in [-0.05, 0) is 42.8 Å². The molecule has 0 saturated heterocycles. The van der Waals surface area contributed by atoms with Crippen LogP contribution in [0, 0.1) is 6.92 Å². The zero-order chi connectivity index (χ0) is 14.0. The van der Waals surface area contributed by atoms with Crippen molar-refractivity contribution in [3.63, 3.8) is 0 Å². The predicted molar refractivity (Wildman–Crippen MR) is 78.9 cm³/mol. The molecule has 0 aliphatic rings. The standard InChI is InChI=1S/C14H11BrClNO2/c1-8-7-9(5-6-10(8)15)19-12-4-2-3-11(16)13(12)14(17)18/h2-7H,1H3,(H2,17,18). The van der Waals surface area contributed by atoms with Crippen LogP contribution in [0.4, 0.5) is 0 Å². The Balaban J connectivity index is 2.40. The summed E-state index contributed by atoms with van der Waals surface area (Å²) in [5.74, 6) is 0.349. The fourth-order valence-corrected chi connectivity index (χ4v) is 2.14. The minimum Gasteiger partial charge on any atom is -0.456 e. The second-order valence-electron chi connectivity index (χ2n) is 3.99. The van der Waals surface area contributed by atoms with Gasteiger partial charge in [0.2, 0.25) is 0 Å². The quantitative estimate of drug-likeness (QED) is 0.905.